The largest absolute Gasteiger partial charge is 0.389 e. The van der Waals surface area contributed by atoms with Crippen molar-refractivity contribution in [1.82, 2.24) is 5.32 Å². The minimum Gasteiger partial charge on any atom is -0.389 e. The van der Waals surface area contributed by atoms with Gasteiger partial charge in [-0.15, -0.1) is 0 Å². The Morgan fingerprint density at radius 1 is 1.35 bits per heavy atom. The van der Waals surface area contributed by atoms with Crippen molar-refractivity contribution < 1.29 is 22.8 Å². The average molecular weight is 269 g/mol. The molecule has 3 N–H and O–H groups in total. The minimum absolute atomic E-state index is 0.0635. The van der Waals surface area contributed by atoms with Crippen molar-refractivity contribution in [2.45, 2.75) is 38.8 Å². The van der Waals surface area contributed by atoms with Crippen molar-refractivity contribution >= 4 is 10.1 Å². The van der Waals surface area contributed by atoms with Gasteiger partial charge in [0.25, 0.3) is 10.1 Å². The molecule has 7 heteroatoms. The fourth-order valence-electron chi connectivity index (χ4n) is 1.05. The first-order chi connectivity index (χ1) is 7.60. The van der Waals surface area contributed by atoms with Crippen LogP contribution >= 0.6 is 0 Å². The molecular formula is C10H23NO5S. The lowest BCUT2D eigenvalue weighted by Gasteiger charge is -2.22. The molecule has 6 nitrogen and oxygen atoms in total. The molecule has 0 aliphatic rings. The quantitative estimate of drug-likeness (QED) is 0.425. The molecule has 0 heterocycles. The van der Waals surface area contributed by atoms with Crippen LogP contribution in [0.3, 0.4) is 0 Å². The van der Waals surface area contributed by atoms with E-state index in [1.165, 1.54) is 0 Å². The summed E-state index contributed by atoms with van der Waals surface area (Å²) in [5.41, 5.74) is -0.0635. The molecule has 17 heavy (non-hydrogen) atoms. The number of rotatable bonds is 8. The zero-order valence-electron chi connectivity index (χ0n) is 10.6. The Morgan fingerprint density at radius 2 is 1.94 bits per heavy atom. The van der Waals surface area contributed by atoms with Gasteiger partial charge in [0.1, 0.15) is 0 Å². The van der Waals surface area contributed by atoms with Gasteiger partial charge in [-0.05, 0) is 27.2 Å². The van der Waals surface area contributed by atoms with E-state index in [0.29, 0.717) is 6.54 Å². The van der Waals surface area contributed by atoms with Crippen LogP contribution in [0.1, 0.15) is 27.2 Å². The highest BCUT2D eigenvalue weighted by Crippen LogP contribution is 1.98. The second-order valence-corrected chi connectivity index (χ2v) is 6.57. The van der Waals surface area contributed by atoms with Crippen LogP contribution in [0.4, 0.5) is 0 Å². The maximum atomic E-state index is 10.4. The van der Waals surface area contributed by atoms with Gasteiger partial charge in [0.15, 0.2) is 0 Å². The van der Waals surface area contributed by atoms with Crippen molar-refractivity contribution in [3.63, 3.8) is 0 Å². The molecular weight excluding hydrogens is 246 g/mol. The van der Waals surface area contributed by atoms with Crippen molar-refractivity contribution in [3.05, 3.63) is 0 Å². The van der Waals surface area contributed by atoms with Gasteiger partial charge in [-0.2, -0.15) is 8.42 Å². The molecule has 0 aromatic heterocycles. The van der Waals surface area contributed by atoms with E-state index in [4.69, 9.17) is 9.29 Å². The van der Waals surface area contributed by atoms with Crippen LogP contribution in [-0.2, 0) is 14.9 Å². The Kier molecular flexibility index (Phi) is 7.18. The lowest BCUT2D eigenvalue weighted by molar-refractivity contribution is 0.0345. The number of β-amino-alcohol motifs (C(OH)–C–C–N with tert-alkyl or cyclic N) is 1. The van der Waals surface area contributed by atoms with Crippen molar-refractivity contribution in [2.75, 3.05) is 25.5 Å². The van der Waals surface area contributed by atoms with E-state index < -0.39 is 16.2 Å². The maximum Gasteiger partial charge on any atom is 0.264 e. The van der Waals surface area contributed by atoms with E-state index in [1.807, 2.05) is 20.8 Å². The van der Waals surface area contributed by atoms with Crippen molar-refractivity contribution in [3.8, 4) is 0 Å². The predicted octanol–water partition coefficient (Wildman–Crippen LogP) is 0.0299. The Labute approximate surface area is 103 Å². The highest BCUT2D eigenvalue weighted by Gasteiger charge is 2.12. The highest BCUT2D eigenvalue weighted by atomic mass is 32.2. The third-order valence-corrected chi connectivity index (χ3v) is 2.67. The second-order valence-electron chi connectivity index (χ2n) is 5.00. The van der Waals surface area contributed by atoms with Crippen LogP contribution in [0, 0.1) is 0 Å². The van der Waals surface area contributed by atoms with Gasteiger partial charge in [-0.3, -0.25) is 4.55 Å². The molecule has 0 saturated carbocycles. The molecule has 0 radical (unpaired) electrons. The first-order valence-electron chi connectivity index (χ1n) is 5.56. The molecule has 0 bridgehead atoms. The number of aliphatic hydroxyl groups excluding tert-OH is 1. The number of nitrogens with one attached hydrogen (secondary N) is 1. The standard InChI is InChI=1S/C10H23NO5S/c1-10(2,3)11-7-9(12)8-16-5-4-6-17(13,14)15/h9,11-12H,4-8H2,1-3H3,(H,13,14,15). The van der Waals surface area contributed by atoms with E-state index in [0.717, 1.165) is 0 Å². The molecule has 0 aliphatic carbocycles. The molecule has 0 amide bonds. The van der Waals surface area contributed by atoms with Crippen molar-refractivity contribution in [2.24, 2.45) is 0 Å². The predicted molar refractivity (Wildman–Crippen MR) is 65.6 cm³/mol. The highest BCUT2D eigenvalue weighted by molar-refractivity contribution is 7.85. The lowest BCUT2D eigenvalue weighted by atomic mass is 10.1. The number of ether oxygens (including phenoxy) is 1. The van der Waals surface area contributed by atoms with Crippen LogP contribution in [0.5, 0.6) is 0 Å². The van der Waals surface area contributed by atoms with Gasteiger partial charge in [-0.25, -0.2) is 0 Å². The van der Waals surface area contributed by atoms with E-state index in [-0.39, 0.29) is 30.9 Å². The van der Waals surface area contributed by atoms with Gasteiger partial charge in [0.2, 0.25) is 0 Å². The van der Waals surface area contributed by atoms with Gasteiger partial charge < -0.3 is 15.2 Å². The summed E-state index contributed by atoms with van der Waals surface area (Å²) < 4.78 is 34.3. The Morgan fingerprint density at radius 3 is 2.41 bits per heavy atom. The summed E-state index contributed by atoms with van der Waals surface area (Å²) in [6.07, 6.45) is -0.405. The van der Waals surface area contributed by atoms with Gasteiger partial charge >= 0.3 is 0 Å². The molecule has 0 fully saturated rings. The molecule has 0 saturated heterocycles. The molecule has 0 rings (SSSR count). The van der Waals surface area contributed by atoms with Crippen LogP contribution in [0.15, 0.2) is 0 Å². The summed E-state index contributed by atoms with van der Waals surface area (Å²) in [4.78, 5) is 0. The minimum atomic E-state index is -3.91. The topological polar surface area (TPSA) is 95.9 Å². The fourth-order valence-corrected chi connectivity index (χ4v) is 1.53. The molecule has 0 aromatic rings. The lowest BCUT2D eigenvalue weighted by Crippen LogP contribution is -2.42. The molecule has 0 aliphatic heterocycles. The van der Waals surface area contributed by atoms with E-state index in [2.05, 4.69) is 5.32 Å². The van der Waals surface area contributed by atoms with Gasteiger partial charge in [-0.1, -0.05) is 0 Å². The summed E-state index contributed by atoms with van der Waals surface area (Å²) in [6.45, 7) is 6.74. The molecule has 0 aromatic carbocycles. The van der Waals surface area contributed by atoms with Crippen LogP contribution in [0.25, 0.3) is 0 Å². The van der Waals surface area contributed by atoms with Gasteiger partial charge in [0.05, 0.1) is 18.5 Å². The number of hydrogen-bond donors (Lipinski definition) is 3. The van der Waals surface area contributed by atoms with Crippen molar-refractivity contribution in [1.29, 1.82) is 0 Å². The second kappa shape index (κ2) is 7.27. The first-order valence-corrected chi connectivity index (χ1v) is 7.17. The summed E-state index contributed by atoms with van der Waals surface area (Å²) >= 11 is 0. The maximum absolute atomic E-state index is 10.4. The molecule has 1 atom stereocenters. The average Bonchev–Trinajstić information content (AvgIpc) is 2.11. The fraction of sp³-hybridized carbons (Fsp3) is 1.00. The zero-order chi connectivity index (χ0) is 13.5. The summed E-state index contributed by atoms with van der Waals surface area (Å²) in [6, 6.07) is 0. The van der Waals surface area contributed by atoms with Gasteiger partial charge in [0, 0.05) is 18.7 Å². The first kappa shape index (κ1) is 16.8. The molecule has 0 spiro atoms. The van der Waals surface area contributed by atoms with Crippen LogP contribution < -0.4 is 5.32 Å². The smallest absolute Gasteiger partial charge is 0.264 e. The third kappa shape index (κ3) is 13.7. The monoisotopic (exact) mass is 269 g/mol. The van der Waals surface area contributed by atoms with E-state index >= 15 is 0 Å². The SMILES string of the molecule is CC(C)(C)NCC(O)COCCCS(=O)(=O)O. The summed E-state index contributed by atoms with van der Waals surface area (Å²) in [5, 5.41) is 12.6. The van der Waals surface area contributed by atoms with Crippen LogP contribution in [-0.4, -0.2) is 55.2 Å². The summed E-state index contributed by atoms with van der Waals surface area (Å²) in [5.74, 6) is -0.316. The summed E-state index contributed by atoms with van der Waals surface area (Å²) in [7, 11) is -3.91. The third-order valence-electron chi connectivity index (χ3n) is 1.87. The normalized spacial score (nSPS) is 14.9. The Balaban J connectivity index is 3.49. The molecule has 104 valence electrons. The van der Waals surface area contributed by atoms with E-state index in [9.17, 15) is 13.5 Å². The number of hydrogen-bond acceptors (Lipinski definition) is 5. The zero-order valence-corrected chi connectivity index (χ0v) is 11.5. The Bertz CT molecular complexity index is 296. The number of aliphatic hydroxyl groups is 1. The van der Waals surface area contributed by atoms with Crippen LogP contribution in [0.2, 0.25) is 0 Å². The molecule has 1 unspecified atom stereocenters. The van der Waals surface area contributed by atoms with E-state index in [1.54, 1.807) is 0 Å². The Hall–Kier alpha value is -0.210.